The maximum Gasteiger partial charge on any atom is 0.238 e. The standard InChI is InChI=1S/C18H15ClN6O2S/c1-25-17(22-23-24-25)10-3-2-4-12(7-10)20-16(26)9-15-18(27)21-13-8-11(19)5-6-14(13)28-15/h2-8,15H,9H2,1H3,(H,20,26)(H,21,27)/t15-/m0/s1. The highest BCUT2D eigenvalue weighted by molar-refractivity contribution is 8.01. The molecule has 2 amide bonds. The van der Waals surface area contributed by atoms with Crippen molar-refractivity contribution in [2.45, 2.75) is 16.6 Å². The number of carbonyl (C=O) groups excluding carboxylic acids is 2. The quantitative estimate of drug-likeness (QED) is 0.680. The zero-order chi connectivity index (χ0) is 19.7. The smallest absolute Gasteiger partial charge is 0.238 e. The number of thioether (sulfide) groups is 1. The van der Waals surface area contributed by atoms with Crippen LogP contribution in [0.5, 0.6) is 0 Å². The Morgan fingerprint density at radius 1 is 1.32 bits per heavy atom. The van der Waals surface area contributed by atoms with Crippen molar-refractivity contribution >= 4 is 46.6 Å². The van der Waals surface area contributed by atoms with Crippen LogP contribution in [0.2, 0.25) is 5.02 Å². The van der Waals surface area contributed by atoms with Crippen LogP contribution in [-0.2, 0) is 16.6 Å². The lowest BCUT2D eigenvalue weighted by molar-refractivity contribution is -0.120. The molecule has 2 aromatic carbocycles. The molecule has 2 heterocycles. The minimum Gasteiger partial charge on any atom is -0.326 e. The van der Waals surface area contributed by atoms with E-state index in [2.05, 4.69) is 26.2 Å². The van der Waals surface area contributed by atoms with Gasteiger partial charge in [-0.05, 0) is 40.8 Å². The van der Waals surface area contributed by atoms with Crippen LogP contribution in [0.15, 0.2) is 47.4 Å². The highest BCUT2D eigenvalue weighted by Gasteiger charge is 2.29. The molecule has 3 aromatic rings. The first-order valence-corrected chi connectivity index (χ1v) is 9.65. The molecular formula is C18H15ClN6O2S. The van der Waals surface area contributed by atoms with Gasteiger partial charge in [0.05, 0.1) is 10.9 Å². The summed E-state index contributed by atoms with van der Waals surface area (Å²) in [4.78, 5) is 25.7. The van der Waals surface area contributed by atoms with E-state index in [1.165, 1.54) is 11.8 Å². The molecule has 8 nitrogen and oxygen atoms in total. The number of hydrogen-bond acceptors (Lipinski definition) is 6. The van der Waals surface area contributed by atoms with Crippen LogP contribution in [0.3, 0.4) is 0 Å². The van der Waals surface area contributed by atoms with Gasteiger partial charge in [0.25, 0.3) is 0 Å². The summed E-state index contributed by atoms with van der Waals surface area (Å²) in [5.41, 5.74) is 2.06. The molecule has 0 fully saturated rings. The summed E-state index contributed by atoms with van der Waals surface area (Å²) in [5.74, 6) is 0.126. The Labute approximate surface area is 169 Å². The van der Waals surface area contributed by atoms with Gasteiger partial charge < -0.3 is 10.6 Å². The van der Waals surface area contributed by atoms with Crippen molar-refractivity contribution in [3.05, 3.63) is 47.5 Å². The second-order valence-corrected chi connectivity index (χ2v) is 7.88. The number of rotatable bonds is 4. The number of aromatic nitrogens is 4. The monoisotopic (exact) mass is 414 g/mol. The van der Waals surface area contributed by atoms with Gasteiger partial charge in [0, 0.05) is 34.6 Å². The second-order valence-electron chi connectivity index (χ2n) is 6.20. The first kappa shape index (κ1) is 18.5. The number of amides is 2. The van der Waals surface area contributed by atoms with Gasteiger partial charge in [0.15, 0.2) is 5.82 Å². The molecule has 1 aliphatic rings. The van der Waals surface area contributed by atoms with Crippen molar-refractivity contribution in [2.75, 3.05) is 10.6 Å². The number of nitrogens with zero attached hydrogens (tertiary/aromatic N) is 4. The fourth-order valence-corrected chi connectivity index (χ4v) is 4.11. The predicted octanol–water partition coefficient (Wildman–Crippen LogP) is 2.97. The Balaban J connectivity index is 1.44. The van der Waals surface area contributed by atoms with Crippen molar-refractivity contribution in [1.82, 2.24) is 20.2 Å². The zero-order valence-corrected chi connectivity index (χ0v) is 16.3. The van der Waals surface area contributed by atoms with Crippen LogP contribution >= 0.6 is 23.4 Å². The third-order valence-corrected chi connectivity index (χ3v) is 5.67. The number of fused-ring (bicyclic) bond motifs is 1. The van der Waals surface area contributed by atoms with Crippen LogP contribution in [0.25, 0.3) is 11.4 Å². The van der Waals surface area contributed by atoms with E-state index in [0.717, 1.165) is 10.5 Å². The maximum atomic E-state index is 12.5. The molecule has 28 heavy (non-hydrogen) atoms. The van der Waals surface area contributed by atoms with Gasteiger partial charge in [-0.3, -0.25) is 9.59 Å². The van der Waals surface area contributed by atoms with E-state index in [9.17, 15) is 9.59 Å². The fraction of sp³-hybridized carbons (Fsp3) is 0.167. The van der Waals surface area contributed by atoms with E-state index >= 15 is 0 Å². The lowest BCUT2D eigenvalue weighted by atomic mass is 10.2. The summed E-state index contributed by atoms with van der Waals surface area (Å²) >= 11 is 7.31. The Kier molecular flexibility index (Phi) is 5.01. The normalized spacial score (nSPS) is 15.6. The summed E-state index contributed by atoms with van der Waals surface area (Å²) < 4.78 is 1.55. The summed E-state index contributed by atoms with van der Waals surface area (Å²) in [6, 6.07) is 12.5. The lowest BCUT2D eigenvalue weighted by Crippen LogP contribution is -2.32. The molecule has 0 radical (unpaired) electrons. The van der Waals surface area contributed by atoms with Crippen LogP contribution in [0.4, 0.5) is 11.4 Å². The van der Waals surface area contributed by atoms with Crippen LogP contribution in [0, 0.1) is 0 Å². The van der Waals surface area contributed by atoms with Crippen molar-refractivity contribution < 1.29 is 9.59 Å². The molecule has 0 unspecified atom stereocenters. The van der Waals surface area contributed by atoms with Gasteiger partial charge in [-0.25, -0.2) is 4.68 Å². The van der Waals surface area contributed by atoms with Gasteiger partial charge in [-0.2, -0.15) is 0 Å². The van der Waals surface area contributed by atoms with Crippen LogP contribution in [-0.4, -0.2) is 37.3 Å². The molecule has 0 saturated heterocycles. The van der Waals surface area contributed by atoms with Gasteiger partial charge in [0.2, 0.25) is 11.8 Å². The number of benzene rings is 2. The minimum atomic E-state index is -0.514. The van der Waals surface area contributed by atoms with E-state index in [1.807, 2.05) is 18.2 Å². The van der Waals surface area contributed by atoms with E-state index in [4.69, 9.17) is 11.6 Å². The second kappa shape index (κ2) is 7.61. The summed E-state index contributed by atoms with van der Waals surface area (Å²) in [6.07, 6.45) is 0.0499. The molecule has 0 saturated carbocycles. The Morgan fingerprint density at radius 2 is 2.18 bits per heavy atom. The molecule has 1 aromatic heterocycles. The topological polar surface area (TPSA) is 102 Å². The third kappa shape index (κ3) is 3.85. The number of tetrazole rings is 1. The number of hydrogen-bond donors (Lipinski definition) is 2. The van der Waals surface area contributed by atoms with Gasteiger partial charge in [-0.15, -0.1) is 16.9 Å². The molecule has 2 N–H and O–H groups in total. The first-order chi connectivity index (χ1) is 13.5. The molecule has 0 bridgehead atoms. The fourth-order valence-electron chi connectivity index (χ4n) is 2.85. The number of halogens is 1. The Hall–Kier alpha value is -2.91. The molecule has 10 heteroatoms. The molecule has 1 atom stereocenters. The van der Waals surface area contributed by atoms with E-state index < -0.39 is 5.25 Å². The molecular weight excluding hydrogens is 400 g/mol. The molecule has 0 aliphatic carbocycles. The average Bonchev–Trinajstić information content (AvgIpc) is 3.09. The first-order valence-electron chi connectivity index (χ1n) is 8.39. The summed E-state index contributed by atoms with van der Waals surface area (Å²) in [5, 5.41) is 17.1. The van der Waals surface area contributed by atoms with Crippen molar-refractivity contribution in [3.63, 3.8) is 0 Å². The van der Waals surface area contributed by atoms with Gasteiger partial charge >= 0.3 is 0 Å². The Bertz CT molecular complexity index is 1070. The molecule has 142 valence electrons. The number of nitrogens with one attached hydrogen (secondary N) is 2. The molecule has 1 aliphatic heterocycles. The molecule has 0 spiro atoms. The SMILES string of the molecule is Cn1nnnc1-c1cccc(NC(=O)C[C@@H]2Sc3ccc(Cl)cc3NC2=O)c1. The third-order valence-electron chi connectivity index (χ3n) is 4.16. The highest BCUT2D eigenvalue weighted by atomic mass is 35.5. The average molecular weight is 415 g/mol. The van der Waals surface area contributed by atoms with Gasteiger partial charge in [-0.1, -0.05) is 23.7 Å². The van der Waals surface area contributed by atoms with Crippen molar-refractivity contribution in [3.8, 4) is 11.4 Å². The maximum absolute atomic E-state index is 12.5. The van der Waals surface area contributed by atoms with Crippen LogP contribution in [0.1, 0.15) is 6.42 Å². The van der Waals surface area contributed by atoms with E-state index in [-0.39, 0.29) is 18.2 Å². The van der Waals surface area contributed by atoms with Gasteiger partial charge in [0.1, 0.15) is 0 Å². The minimum absolute atomic E-state index is 0.0499. The summed E-state index contributed by atoms with van der Waals surface area (Å²) in [7, 11) is 1.74. The Morgan fingerprint density at radius 3 is 2.96 bits per heavy atom. The van der Waals surface area contributed by atoms with Crippen molar-refractivity contribution in [1.29, 1.82) is 0 Å². The number of aryl methyl sites for hydroxylation is 1. The lowest BCUT2D eigenvalue weighted by Gasteiger charge is -2.23. The van der Waals surface area contributed by atoms with E-state index in [0.29, 0.717) is 22.2 Å². The number of carbonyl (C=O) groups is 2. The van der Waals surface area contributed by atoms with Crippen molar-refractivity contribution in [2.24, 2.45) is 7.05 Å². The zero-order valence-electron chi connectivity index (χ0n) is 14.7. The largest absolute Gasteiger partial charge is 0.326 e. The predicted molar refractivity (Wildman–Crippen MR) is 107 cm³/mol. The van der Waals surface area contributed by atoms with E-state index in [1.54, 1.807) is 36.0 Å². The number of anilines is 2. The highest BCUT2D eigenvalue weighted by Crippen LogP contribution is 2.38. The van der Waals surface area contributed by atoms with Crippen LogP contribution < -0.4 is 10.6 Å². The summed E-state index contributed by atoms with van der Waals surface area (Å²) in [6.45, 7) is 0. The molecule has 4 rings (SSSR count).